The predicted molar refractivity (Wildman–Crippen MR) is 70.4 cm³/mol. The first-order chi connectivity index (χ1) is 8.13. The lowest BCUT2D eigenvalue weighted by Crippen LogP contribution is -2.28. The fourth-order valence-corrected chi connectivity index (χ4v) is 1.67. The van der Waals surface area contributed by atoms with Gasteiger partial charge in [0, 0.05) is 24.7 Å². The molecule has 0 aliphatic rings. The highest BCUT2D eigenvalue weighted by Crippen LogP contribution is 2.16. The number of rotatable bonds is 7. The smallest absolute Gasteiger partial charge is 0.0916 e. The summed E-state index contributed by atoms with van der Waals surface area (Å²) < 4.78 is 5.27. The van der Waals surface area contributed by atoms with Crippen molar-refractivity contribution in [1.29, 1.82) is 0 Å². The van der Waals surface area contributed by atoms with Crippen LogP contribution in [0.25, 0.3) is 0 Å². The van der Waals surface area contributed by atoms with Crippen LogP contribution < -0.4 is 0 Å². The van der Waals surface area contributed by atoms with E-state index >= 15 is 0 Å². The Kier molecular flexibility index (Phi) is 6.52. The van der Waals surface area contributed by atoms with Crippen LogP contribution in [0.4, 0.5) is 0 Å². The van der Waals surface area contributed by atoms with Crippen LogP contribution in [-0.2, 0) is 4.74 Å². The molecule has 1 rings (SSSR count). The van der Waals surface area contributed by atoms with Gasteiger partial charge < -0.3 is 14.7 Å². The van der Waals surface area contributed by atoms with Gasteiger partial charge in [0.25, 0.3) is 0 Å². The number of halogens is 1. The maximum atomic E-state index is 10.0. The van der Waals surface area contributed by atoms with Crippen molar-refractivity contribution in [2.75, 3.05) is 33.4 Å². The Morgan fingerprint density at radius 1 is 1.35 bits per heavy atom. The van der Waals surface area contributed by atoms with Crippen LogP contribution in [0.2, 0.25) is 5.02 Å². The van der Waals surface area contributed by atoms with Crippen LogP contribution >= 0.6 is 11.6 Å². The number of hydrogen-bond donors (Lipinski definition) is 1. The molecule has 0 amide bonds. The molecule has 1 aromatic carbocycles. The summed E-state index contributed by atoms with van der Waals surface area (Å²) in [5.74, 6) is 0. The molecule has 4 heteroatoms. The molecule has 0 heterocycles. The Hall–Kier alpha value is -0.610. The zero-order valence-electron chi connectivity index (χ0n) is 10.4. The molecule has 0 fully saturated rings. The highest BCUT2D eigenvalue weighted by molar-refractivity contribution is 6.30. The van der Waals surface area contributed by atoms with Gasteiger partial charge in [-0.15, -0.1) is 0 Å². The summed E-state index contributed by atoms with van der Waals surface area (Å²) in [5, 5.41) is 10.7. The summed E-state index contributed by atoms with van der Waals surface area (Å²) >= 11 is 5.80. The van der Waals surface area contributed by atoms with Crippen LogP contribution in [-0.4, -0.2) is 43.4 Å². The van der Waals surface area contributed by atoms with E-state index in [2.05, 4.69) is 4.90 Å². The Morgan fingerprint density at radius 2 is 2.00 bits per heavy atom. The van der Waals surface area contributed by atoms with Gasteiger partial charge in [-0.3, -0.25) is 0 Å². The summed E-state index contributed by atoms with van der Waals surface area (Å²) in [5.41, 5.74) is 0.887. The number of aliphatic hydroxyl groups excluding tert-OH is 1. The van der Waals surface area contributed by atoms with Crippen molar-refractivity contribution in [3.63, 3.8) is 0 Å². The van der Waals surface area contributed by atoms with Gasteiger partial charge >= 0.3 is 0 Å². The lowest BCUT2D eigenvalue weighted by molar-refractivity contribution is 0.0891. The Morgan fingerprint density at radius 3 is 2.59 bits per heavy atom. The number of ether oxygens (including phenoxy) is 1. The van der Waals surface area contributed by atoms with Crippen molar-refractivity contribution in [2.24, 2.45) is 0 Å². The fraction of sp³-hybridized carbons (Fsp3) is 0.538. The van der Waals surface area contributed by atoms with Crippen molar-refractivity contribution in [3.05, 3.63) is 34.9 Å². The fourth-order valence-electron chi connectivity index (χ4n) is 1.54. The monoisotopic (exact) mass is 257 g/mol. The number of nitrogens with zero attached hydrogens (tertiary/aromatic N) is 1. The molecular weight excluding hydrogens is 238 g/mol. The first kappa shape index (κ1) is 14.5. The van der Waals surface area contributed by atoms with Gasteiger partial charge in [-0.25, -0.2) is 0 Å². The molecule has 1 unspecified atom stereocenters. The molecule has 0 radical (unpaired) electrons. The normalized spacial score (nSPS) is 13.0. The van der Waals surface area contributed by atoms with Crippen LogP contribution in [0.3, 0.4) is 0 Å². The van der Waals surface area contributed by atoms with Crippen LogP contribution in [0.5, 0.6) is 0 Å². The van der Waals surface area contributed by atoms with Crippen molar-refractivity contribution < 1.29 is 9.84 Å². The van der Waals surface area contributed by atoms with Gasteiger partial charge in [-0.1, -0.05) is 23.7 Å². The molecule has 0 aliphatic heterocycles. The largest absolute Gasteiger partial charge is 0.387 e. The van der Waals surface area contributed by atoms with Crippen molar-refractivity contribution in [3.8, 4) is 0 Å². The Bertz CT molecular complexity index is 316. The average Bonchev–Trinajstić information content (AvgIpc) is 2.30. The van der Waals surface area contributed by atoms with Crippen molar-refractivity contribution in [1.82, 2.24) is 4.90 Å². The zero-order chi connectivity index (χ0) is 12.7. The average molecular weight is 258 g/mol. The molecule has 0 aliphatic carbocycles. The predicted octanol–water partition coefficient (Wildman–Crippen LogP) is 2.34. The quantitative estimate of drug-likeness (QED) is 0.761. The minimum Gasteiger partial charge on any atom is -0.387 e. The zero-order valence-corrected chi connectivity index (χ0v) is 11.2. The molecule has 0 saturated heterocycles. The van der Waals surface area contributed by atoms with E-state index in [0.29, 0.717) is 18.2 Å². The lowest BCUT2D eigenvalue weighted by Gasteiger charge is -2.20. The van der Waals surface area contributed by atoms with Gasteiger partial charge in [0.15, 0.2) is 0 Å². The van der Waals surface area contributed by atoms with E-state index < -0.39 is 6.10 Å². The van der Waals surface area contributed by atoms with Crippen LogP contribution in [0, 0.1) is 0 Å². The van der Waals surface area contributed by atoms with E-state index in [1.54, 1.807) is 12.1 Å². The van der Waals surface area contributed by atoms with E-state index in [0.717, 1.165) is 18.7 Å². The Balaban J connectivity index is 2.37. The third-order valence-electron chi connectivity index (χ3n) is 2.56. The molecule has 0 spiro atoms. The lowest BCUT2D eigenvalue weighted by atomic mass is 10.1. The maximum Gasteiger partial charge on any atom is 0.0916 e. The summed E-state index contributed by atoms with van der Waals surface area (Å²) in [7, 11) is 1.97. The maximum absolute atomic E-state index is 10.0. The molecule has 96 valence electrons. The second kappa shape index (κ2) is 7.67. The summed E-state index contributed by atoms with van der Waals surface area (Å²) in [6.45, 7) is 4.81. The van der Waals surface area contributed by atoms with Crippen LogP contribution in [0.15, 0.2) is 24.3 Å². The van der Waals surface area contributed by atoms with Crippen molar-refractivity contribution in [2.45, 2.75) is 13.0 Å². The van der Waals surface area contributed by atoms with Gasteiger partial charge in [0.05, 0.1) is 12.7 Å². The first-order valence-electron chi connectivity index (χ1n) is 5.83. The molecule has 0 bridgehead atoms. The second-order valence-corrected chi connectivity index (χ2v) is 4.46. The standard InChI is InChI=1S/C13H20ClNO2/c1-3-17-9-8-15(2)10-13(16)11-4-6-12(14)7-5-11/h4-7,13,16H,3,8-10H2,1-2H3. The number of aliphatic hydroxyl groups is 1. The molecule has 1 aromatic rings. The summed E-state index contributed by atoms with van der Waals surface area (Å²) in [4.78, 5) is 2.05. The van der Waals surface area contributed by atoms with E-state index in [4.69, 9.17) is 16.3 Å². The SMILES string of the molecule is CCOCCN(C)CC(O)c1ccc(Cl)cc1. The minimum absolute atomic E-state index is 0.487. The van der Waals surface area contributed by atoms with Gasteiger partial charge in [-0.05, 0) is 31.7 Å². The highest BCUT2D eigenvalue weighted by atomic mass is 35.5. The first-order valence-corrected chi connectivity index (χ1v) is 6.21. The number of benzene rings is 1. The van der Waals surface area contributed by atoms with E-state index in [9.17, 15) is 5.11 Å². The highest BCUT2D eigenvalue weighted by Gasteiger charge is 2.10. The number of likely N-dealkylation sites (N-methyl/N-ethyl adjacent to an activating group) is 1. The molecular formula is C13H20ClNO2. The summed E-state index contributed by atoms with van der Waals surface area (Å²) in [6.07, 6.45) is -0.487. The molecule has 3 nitrogen and oxygen atoms in total. The molecule has 0 saturated carbocycles. The Labute approximate surface area is 108 Å². The second-order valence-electron chi connectivity index (χ2n) is 4.03. The molecule has 0 aromatic heterocycles. The third kappa shape index (κ3) is 5.50. The summed E-state index contributed by atoms with van der Waals surface area (Å²) in [6, 6.07) is 7.29. The number of hydrogen-bond acceptors (Lipinski definition) is 3. The van der Waals surface area contributed by atoms with Gasteiger partial charge in [-0.2, -0.15) is 0 Å². The van der Waals surface area contributed by atoms with Gasteiger partial charge in [0.1, 0.15) is 0 Å². The van der Waals surface area contributed by atoms with E-state index in [1.165, 1.54) is 0 Å². The van der Waals surface area contributed by atoms with Gasteiger partial charge in [0.2, 0.25) is 0 Å². The molecule has 1 N–H and O–H groups in total. The minimum atomic E-state index is -0.487. The van der Waals surface area contributed by atoms with E-state index in [-0.39, 0.29) is 0 Å². The topological polar surface area (TPSA) is 32.7 Å². The third-order valence-corrected chi connectivity index (χ3v) is 2.81. The van der Waals surface area contributed by atoms with Crippen LogP contribution in [0.1, 0.15) is 18.6 Å². The van der Waals surface area contributed by atoms with E-state index in [1.807, 2.05) is 26.1 Å². The molecule has 1 atom stereocenters. The molecule has 17 heavy (non-hydrogen) atoms. The van der Waals surface area contributed by atoms with Crippen molar-refractivity contribution >= 4 is 11.6 Å².